The molecule has 0 fully saturated rings. The molecule has 6 nitrogen and oxygen atoms in total. The predicted octanol–water partition coefficient (Wildman–Crippen LogP) is 4.27. The van der Waals surface area contributed by atoms with Crippen LogP contribution in [0.5, 0.6) is 0 Å². The van der Waals surface area contributed by atoms with E-state index in [1.807, 2.05) is 0 Å². The number of rotatable bonds is 8. The Morgan fingerprint density at radius 2 is 2.00 bits per heavy atom. The highest BCUT2D eigenvalue weighted by Gasteiger charge is 2.18. The summed E-state index contributed by atoms with van der Waals surface area (Å²) in [5.74, 6) is -0.186. The van der Waals surface area contributed by atoms with Crippen LogP contribution in [-0.2, 0) is 20.7 Å². The highest BCUT2D eigenvalue weighted by Crippen LogP contribution is 2.29. The van der Waals surface area contributed by atoms with E-state index in [9.17, 15) is 9.59 Å². The Kier molecular flexibility index (Phi) is 7.36. The number of ether oxygens (including phenoxy) is 2. The second-order valence-electron chi connectivity index (χ2n) is 5.33. The molecule has 140 valence electrons. The molecule has 2 rings (SSSR count). The van der Waals surface area contributed by atoms with Crippen LogP contribution in [0.2, 0.25) is 10.0 Å². The van der Waals surface area contributed by atoms with E-state index in [4.69, 9.17) is 37.1 Å². The van der Waals surface area contributed by atoms with Gasteiger partial charge in [-0.2, -0.15) is 0 Å². The van der Waals surface area contributed by atoms with Gasteiger partial charge in [0.2, 0.25) is 0 Å². The fourth-order valence-electron chi connectivity index (χ4n) is 2.23. The van der Waals surface area contributed by atoms with E-state index in [1.165, 1.54) is 6.07 Å². The number of esters is 2. The first-order valence-electron chi connectivity index (χ1n) is 8.02. The van der Waals surface area contributed by atoms with Crippen molar-refractivity contribution in [1.29, 1.82) is 0 Å². The Bertz CT molecular complexity index is 788. The Balaban J connectivity index is 1.79. The van der Waals surface area contributed by atoms with Gasteiger partial charge in [0, 0.05) is 6.54 Å². The number of carbonyl (C=O) groups excluding carboxylic acids is 2. The molecule has 0 atom stereocenters. The van der Waals surface area contributed by atoms with Crippen molar-refractivity contribution in [3.8, 4) is 0 Å². The minimum Gasteiger partial charge on any atom is -0.465 e. The van der Waals surface area contributed by atoms with Crippen LogP contribution in [0.1, 0.15) is 28.8 Å². The molecule has 1 aromatic heterocycles. The standard InChI is InChI=1S/C18H19Cl2NO5/c1-3-24-18(23)13-9-12(26-11(13)2)10-16(22)25-8-7-21-15-6-4-5-14(19)17(15)20/h4-6,9,21H,3,7-8,10H2,1-2H3. The molecule has 8 heteroatoms. The molecule has 0 bridgehead atoms. The van der Waals surface area contributed by atoms with Crippen LogP contribution in [0.15, 0.2) is 28.7 Å². The molecule has 0 unspecified atom stereocenters. The lowest BCUT2D eigenvalue weighted by Gasteiger charge is -2.09. The molecule has 0 aliphatic rings. The Hall–Kier alpha value is -2.18. The van der Waals surface area contributed by atoms with E-state index < -0.39 is 11.9 Å². The number of halogens is 2. The van der Waals surface area contributed by atoms with E-state index in [0.29, 0.717) is 39.4 Å². The van der Waals surface area contributed by atoms with Gasteiger partial charge < -0.3 is 19.2 Å². The molecule has 2 aromatic rings. The molecule has 0 aliphatic carbocycles. The molecule has 1 aromatic carbocycles. The van der Waals surface area contributed by atoms with Crippen LogP contribution in [0.25, 0.3) is 0 Å². The van der Waals surface area contributed by atoms with Crippen molar-refractivity contribution in [2.24, 2.45) is 0 Å². The van der Waals surface area contributed by atoms with Crippen molar-refractivity contribution in [2.75, 3.05) is 25.1 Å². The lowest BCUT2D eigenvalue weighted by Crippen LogP contribution is -2.15. The maximum Gasteiger partial charge on any atom is 0.341 e. The number of carbonyl (C=O) groups is 2. The van der Waals surface area contributed by atoms with Gasteiger partial charge in [-0.3, -0.25) is 4.79 Å². The minimum atomic E-state index is -0.476. The Morgan fingerprint density at radius 3 is 2.73 bits per heavy atom. The predicted molar refractivity (Wildman–Crippen MR) is 99.0 cm³/mol. The third-order valence-corrected chi connectivity index (χ3v) is 4.23. The lowest BCUT2D eigenvalue weighted by molar-refractivity contribution is -0.142. The topological polar surface area (TPSA) is 77.8 Å². The molecule has 0 aliphatic heterocycles. The molecule has 1 heterocycles. The highest BCUT2D eigenvalue weighted by molar-refractivity contribution is 6.43. The molecular weight excluding hydrogens is 381 g/mol. The zero-order chi connectivity index (χ0) is 19.1. The smallest absolute Gasteiger partial charge is 0.341 e. The van der Waals surface area contributed by atoms with Crippen LogP contribution in [0.3, 0.4) is 0 Å². The molecule has 1 N–H and O–H groups in total. The van der Waals surface area contributed by atoms with Crippen molar-refractivity contribution in [1.82, 2.24) is 0 Å². The average molecular weight is 400 g/mol. The van der Waals surface area contributed by atoms with Crippen molar-refractivity contribution in [3.63, 3.8) is 0 Å². The van der Waals surface area contributed by atoms with Gasteiger partial charge in [0.15, 0.2) is 0 Å². The fourth-order valence-corrected chi connectivity index (χ4v) is 2.59. The molecule has 0 spiro atoms. The number of hydrogen-bond donors (Lipinski definition) is 1. The first-order valence-corrected chi connectivity index (χ1v) is 8.78. The van der Waals surface area contributed by atoms with E-state index in [-0.39, 0.29) is 19.6 Å². The van der Waals surface area contributed by atoms with Crippen molar-refractivity contribution < 1.29 is 23.5 Å². The van der Waals surface area contributed by atoms with E-state index >= 15 is 0 Å². The van der Waals surface area contributed by atoms with Gasteiger partial charge in [0.25, 0.3) is 0 Å². The third kappa shape index (κ3) is 5.41. The average Bonchev–Trinajstić information content (AvgIpc) is 2.95. The Morgan fingerprint density at radius 1 is 1.23 bits per heavy atom. The zero-order valence-corrected chi connectivity index (χ0v) is 15.9. The normalized spacial score (nSPS) is 10.5. The van der Waals surface area contributed by atoms with Crippen molar-refractivity contribution in [3.05, 3.63) is 51.4 Å². The largest absolute Gasteiger partial charge is 0.465 e. The maximum absolute atomic E-state index is 11.9. The molecule has 0 saturated carbocycles. The first kappa shape index (κ1) is 20.1. The summed E-state index contributed by atoms with van der Waals surface area (Å²) >= 11 is 12.0. The number of aryl methyl sites for hydroxylation is 1. The second kappa shape index (κ2) is 9.50. The number of anilines is 1. The summed E-state index contributed by atoms with van der Waals surface area (Å²) in [4.78, 5) is 23.6. The monoisotopic (exact) mass is 399 g/mol. The molecule has 26 heavy (non-hydrogen) atoms. The number of furan rings is 1. The summed E-state index contributed by atoms with van der Waals surface area (Å²) in [6.07, 6.45) is -0.0713. The van der Waals surface area contributed by atoms with E-state index in [0.717, 1.165) is 0 Å². The molecular formula is C18H19Cl2NO5. The van der Waals surface area contributed by atoms with Crippen LogP contribution in [0.4, 0.5) is 5.69 Å². The van der Waals surface area contributed by atoms with Crippen LogP contribution in [-0.4, -0.2) is 31.7 Å². The summed E-state index contributed by atoms with van der Waals surface area (Å²) in [5.41, 5.74) is 0.975. The summed E-state index contributed by atoms with van der Waals surface area (Å²) < 4.78 is 15.5. The quantitative estimate of drug-likeness (QED) is 0.527. The summed E-state index contributed by atoms with van der Waals surface area (Å²) in [6, 6.07) is 6.73. The van der Waals surface area contributed by atoms with E-state index in [2.05, 4.69) is 5.32 Å². The summed E-state index contributed by atoms with van der Waals surface area (Å²) in [7, 11) is 0. The van der Waals surface area contributed by atoms with Crippen LogP contribution >= 0.6 is 23.2 Å². The second-order valence-corrected chi connectivity index (χ2v) is 6.11. The zero-order valence-electron chi connectivity index (χ0n) is 14.4. The maximum atomic E-state index is 11.9. The summed E-state index contributed by atoms with van der Waals surface area (Å²) in [5, 5.41) is 3.90. The van der Waals surface area contributed by atoms with Crippen molar-refractivity contribution in [2.45, 2.75) is 20.3 Å². The molecule has 0 amide bonds. The third-order valence-electron chi connectivity index (χ3n) is 3.41. The minimum absolute atomic E-state index is 0.0713. The fraction of sp³-hybridized carbons (Fsp3) is 0.333. The van der Waals surface area contributed by atoms with Gasteiger partial charge in [0.05, 0.1) is 22.3 Å². The first-order chi connectivity index (χ1) is 12.4. The van der Waals surface area contributed by atoms with Crippen LogP contribution < -0.4 is 5.32 Å². The van der Waals surface area contributed by atoms with Crippen LogP contribution in [0, 0.1) is 6.92 Å². The van der Waals surface area contributed by atoms with Gasteiger partial charge in [0.1, 0.15) is 30.1 Å². The van der Waals surface area contributed by atoms with Gasteiger partial charge in [-0.1, -0.05) is 29.3 Å². The van der Waals surface area contributed by atoms with Gasteiger partial charge in [-0.15, -0.1) is 0 Å². The van der Waals surface area contributed by atoms with Gasteiger partial charge in [-0.25, -0.2) is 4.79 Å². The SMILES string of the molecule is CCOC(=O)c1cc(CC(=O)OCCNc2cccc(Cl)c2Cl)oc1C. The van der Waals surface area contributed by atoms with Gasteiger partial charge in [-0.05, 0) is 32.0 Å². The van der Waals surface area contributed by atoms with Crippen molar-refractivity contribution >= 4 is 40.8 Å². The Labute approximate surface area is 161 Å². The summed E-state index contributed by atoms with van der Waals surface area (Å²) in [6.45, 7) is 4.14. The molecule has 0 radical (unpaired) electrons. The lowest BCUT2D eigenvalue weighted by atomic mass is 10.2. The highest BCUT2D eigenvalue weighted by atomic mass is 35.5. The van der Waals surface area contributed by atoms with Gasteiger partial charge >= 0.3 is 11.9 Å². The number of hydrogen-bond acceptors (Lipinski definition) is 6. The number of nitrogens with one attached hydrogen (secondary N) is 1. The number of benzene rings is 1. The molecule has 0 saturated heterocycles. The van der Waals surface area contributed by atoms with E-state index in [1.54, 1.807) is 32.0 Å².